The van der Waals surface area contributed by atoms with E-state index in [1.54, 1.807) is 11.6 Å². The molecule has 0 spiro atoms. The number of fused-ring (bicyclic) bond motifs is 3. The lowest BCUT2D eigenvalue weighted by Gasteiger charge is -2.12. The van der Waals surface area contributed by atoms with E-state index < -0.39 is 5.91 Å². The van der Waals surface area contributed by atoms with E-state index in [2.05, 4.69) is 28.5 Å². The Morgan fingerprint density at radius 2 is 2.07 bits per heavy atom. The number of nitrogens with one attached hydrogen (secondary N) is 3. The van der Waals surface area contributed by atoms with Crippen molar-refractivity contribution in [3.8, 4) is 0 Å². The molecule has 0 radical (unpaired) electrons. The van der Waals surface area contributed by atoms with E-state index in [0.717, 1.165) is 25.1 Å². The first-order valence-electron chi connectivity index (χ1n) is 9.91. The Morgan fingerprint density at radius 3 is 2.90 bits per heavy atom. The van der Waals surface area contributed by atoms with E-state index in [0.29, 0.717) is 0 Å². The average Bonchev–Trinajstić information content (AvgIpc) is 3.15. The summed E-state index contributed by atoms with van der Waals surface area (Å²) in [5, 5.41) is 14.8. The van der Waals surface area contributed by atoms with Crippen LogP contribution in [0.1, 0.15) is 28.7 Å². The van der Waals surface area contributed by atoms with Gasteiger partial charge in [0.1, 0.15) is 0 Å². The van der Waals surface area contributed by atoms with Gasteiger partial charge >= 0.3 is 0 Å². The van der Waals surface area contributed by atoms with Crippen LogP contribution in [0.3, 0.4) is 0 Å². The topological polar surface area (TPSA) is 77.2 Å². The SMILES string of the molecule is O=C(/C=C/c1ccc(CNCCc2cccc3[nH]c4c(c23)CCCS4)cc1)NO. The van der Waals surface area contributed by atoms with E-state index in [9.17, 15) is 4.79 Å². The molecule has 0 unspecified atom stereocenters. The second-order valence-corrected chi connectivity index (χ2v) is 8.31. The molecule has 4 N–H and O–H groups in total. The second-order valence-electron chi connectivity index (χ2n) is 7.20. The number of benzene rings is 2. The van der Waals surface area contributed by atoms with E-state index in [1.165, 1.54) is 57.3 Å². The maximum atomic E-state index is 11.0. The fourth-order valence-corrected chi connectivity index (χ4v) is 4.83. The van der Waals surface area contributed by atoms with Gasteiger partial charge in [-0.15, -0.1) is 11.8 Å². The Balaban J connectivity index is 1.34. The summed E-state index contributed by atoms with van der Waals surface area (Å²) in [6.45, 7) is 1.72. The van der Waals surface area contributed by atoms with Gasteiger partial charge in [-0.1, -0.05) is 36.4 Å². The number of amides is 1. The molecule has 29 heavy (non-hydrogen) atoms. The number of rotatable bonds is 7. The van der Waals surface area contributed by atoms with Crippen LogP contribution in [0.5, 0.6) is 0 Å². The highest BCUT2D eigenvalue weighted by Gasteiger charge is 2.17. The van der Waals surface area contributed by atoms with Crippen LogP contribution in [0.2, 0.25) is 0 Å². The molecule has 150 valence electrons. The number of hydrogen-bond donors (Lipinski definition) is 4. The zero-order valence-corrected chi connectivity index (χ0v) is 17.0. The lowest BCUT2D eigenvalue weighted by Crippen LogP contribution is -2.16. The van der Waals surface area contributed by atoms with Gasteiger partial charge in [0.2, 0.25) is 0 Å². The summed E-state index contributed by atoms with van der Waals surface area (Å²) >= 11 is 1.95. The number of carbonyl (C=O) groups is 1. The van der Waals surface area contributed by atoms with E-state index in [-0.39, 0.29) is 0 Å². The molecule has 4 rings (SSSR count). The lowest BCUT2D eigenvalue weighted by molar-refractivity contribution is -0.124. The monoisotopic (exact) mass is 407 g/mol. The number of hydroxylamine groups is 1. The van der Waals surface area contributed by atoms with Crippen LogP contribution in [0.25, 0.3) is 17.0 Å². The molecule has 0 saturated carbocycles. The summed E-state index contributed by atoms with van der Waals surface area (Å²) in [4.78, 5) is 14.6. The molecular formula is C23H25N3O2S. The maximum Gasteiger partial charge on any atom is 0.267 e. The van der Waals surface area contributed by atoms with Gasteiger partial charge in [-0.05, 0) is 66.0 Å². The van der Waals surface area contributed by atoms with Crippen LogP contribution >= 0.6 is 11.8 Å². The Bertz CT molecular complexity index is 1020. The Hall–Kier alpha value is -2.54. The molecule has 0 aliphatic carbocycles. The predicted molar refractivity (Wildman–Crippen MR) is 118 cm³/mol. The maximum absolute atomic E-state index is 11.0. The smallest absolute Gasteiger partial charge is 0.267 e. The number of aromatic nitrogens is 1. The molecule has 1 aliphatic rings. The van der Waals surface area contributed by atoms with Crippen molar-refractivity contribution in [1.29, 1.82) is 0 Å². The fraction of sp³-hybridized carbons (Fsp3) is 0.261. The number of hydrogen-bond acceptors (Lipinski definition) is 4. The minimum absolute atomic E-state index is 0.534. The van der Waals surface area contributed by atoms with Crippen LogP contribution in [0.15, 0.2) is 53.6 Å². The second kappa shape index (κ2) is 9.31. The Morgan fingerprint density at radius 1 is 1.21 bits per heavy atom. The summed E-state index contributed by atoms with van der Waals surface area (Å²) in [5.74, 6) is 0.674. The van der Waals surface area contributed by atoms with Crippen LogP contribution in [-0.2, 0) is 24.2 Å². The molecule has 3 aromatic rings. The van der Waals surface area contributed by atoms with Crippen molar-refractivity contribution in [2.24, 2.45) is 0 Å². The molecule has 6 heteroatoms. The summed E-state index contributed by atoms with van der Waals surface area (Å²) in [5.41, 5.74) is 7.88. The minimum Gasteiger partial charge on any atom is -0.349 e. The molecule has 0 saturated heterocycles. The van der Waals surface area contributed by atoms with Crippen molar-refractivity contribution < 1.29 is 10.0 Å². The lowest BCUT2D eigenvalue weighted by atomic mass is 10.0. The molecule has 0 bridgehead atoms. The third-order valence-corrected chi connectivity index (χ3v) is 6.34. The van der Waals surface area contributed by atoms with Crippen LogP contribution in [0.4, 0.5) is 0 Å². The molecule has 2 heterocycles. The van der Waals surface area contributed by atoms with E-state index >= 15 is 0 Å². The molecule has 0 fully saturated rings. The molecule has 5 nitrogen and oxygen atoms in total. The van der Waals surface area contributed by atoms with Gasteiger partial charge in [-0.3, -0.25) is 10.0 Å². The Labute approximate surface area is 174 Å². The third-order valence-electron chi connectivity index (χ3n) is 5.21. The quantitative estimate of drug-likeness (QED) is 0.206. The highest BCUT2D eigenvalue weighted by atomic mass is 32.2. The van der Waals surface area contributed by atoms with E-state index in [1.807, 2.05) is 36.0 Å². The predicted octanol–water partition coefficient (Wildman–Crippen LogP) is 4.06. The van der Waals surface area contributed by atoms with E-state index in [4.69, 9.17) is 5.21 Å². The van der Waals surface area contributed by atoms with Crippen LogP contribution < -0.4 is 10.8 Å². The molecule has 2 aromatic carbocycles. The third kappa shape index (κ3) is 4.72. The number of aryl methyl sites for hydroxylation is 1. The Kier molecular flexibility index (Phi) is 6.34. The van der Waals surface area contributed by atoms with Gasteiger partial charge in [0, 0.05) is 23.5 Å². The summed E-state index contributed by atoms with van der Waals surface area (Å²) < 4.78 is 0. The molecule has 0 atom stereocenters. The normalized spacial score (nSPS) is 13.7. The first-order valence-corrected chi connectivity index (χ1v) is 10.9. The van der Waals surface area contributed by atoms with Crippen molar-refractivity contribution in [2.45, 2.75) is 30.8 Å². The molecule has 1 aromatic heterocycles. The number of aromatic amines is 1. The van der Waals surface area contributed by atoms with Crippen molar-refractivity contribution >= 4 is 34.6 Å². The zero-order valence-electron chi connectivity index (χ0n) is 16.2. The number of H-pyrrole nitrogens is 1. The standard InChI is InChI=1S/C23H25N3O2S/c27-21(26-28)11-10-16-6-8-17(9-7-16)15-24-13-12-18-3-1-5-20-22(18)19-4-2-14-29-23(19)25-20/h1,3,5-11,24-25,28H,2,4,12-15H2,(H,26,27)/b11-10+. The van der Waals surface area contributed by atoms with Gasteiger partial charge in [0.25, 0.3) is 5.91 Å². The highest BCUT2D eigenvalue weighted by Crippen LogP contribution is 2.36. The van der Waals surface area contributed by atoms with Crippen molar-refractivity contribution in [3.05, 3.63) is 70.8 Å². The number of thioether (sulfide) groups is 1. The van der Waals surface area contributed by atoms with Gasteiger partial charge < -0.3 is 10.3 Å². The van der Waals surface area contributed by atoms with Crippen molar-refractivity contribution in [2.75, 3.05) is 12.3 Å². The largest absolute Gasteiger partial charge is 0.349 e. The summed E-state index contributed by atoms with van der Waals surface area (Å²) in [7, 11) is 0. The minimum atomic E-state index is -0.534. The van der Waals surface area contributed by atoms with Gasteiger partial charge in [0.15, 0.2) is 0 Å². The fourth-order valence-electron chi connectivity index (χ4n) is 3.78. The summed E-state index contributed by atoms with van der Waals surface area (Å²) in [6, 6.07) is 14.6. The first kappa shape index (κ1) is 19.8. The van der Waals surface area contributed by atoms with Crippen LogP contribution in [0, 0.1) is 0 Å². The zero-order chi connectivity index (χ0) is 20.1. The molecule has 1 amide bonds. The van der Waals surface area contributed by atoms with Gasteiger partial charge in [-0.25, -0.2) is 5.48 Å². The van der Waals surface area contributed by atoms with Crippen molar-refractivity contribution in [1.82, 2.24) is 15.8 Å². The highest BCUT2D eigenvalue weighted by molar-refractivity contribution is 7.99. The molecule has 1 aliphatic heterocycles. The average molecular weight is 408 g/mol. The number of carbonyl (C=O) groups excluding carboxylic acids is 1. The van der Waals surface area contributed by atoms with Crippen LogP contribution in [-0.4, -0.2) is 28.4 Å². The van der Waals surface area contributed by atoms with Gasteiger partial charge in [0.05, 0.1) is 5.03 Å². The van der Waals surface area contributed by atoms with Gasteiger partial charge in [-0.2, -0.15) is 0 Å². The first-order chi connectivity index (χ1) is 14.2. The summed E-state index contributed by atoms with van der Waals surface area (Å²) in [6.07, 6.45) is 6.40. The molecular weight excluding hydrogens is 382 g/mol. The van der Waals surface area contributed by atoms with Crippen molar-refractivity contribution in [3.63, 3.8) is 0 Å².